The van der Waals surface area contributed by atoms with Crippen molar-refractivity contribution in [3.63, 3.8) is 0 Å². The molecule has 7 heteroatoms. The maximum atomic E-state index is 11.6. The Balaban J connectivity index is 2.11. The minimum absolute atomic E-state index is 0.0712. The van der Waals surface area contributed by atoms with E-state index in [-0.39, 0.29) is 18.6 Å². The predicted molar refractivity (Wildman–Crippen MR) is 79.8 cm³/mol. The van der Waals surface area contributed by atoms with E-state index in [1.165, 1.54) is 7.11 Å². The molecule has 0 atom stereocenters. The van der Waals surface area contributed by atoms with Crippen LogP contribution in [0.1, 0.15) is 19.7 Å². The maximum absolute atomic E-state index is 11.6. The van der Waals surface area contributed by atoms with E-state index in [0.717, 1.165) is 5.56 Å². The normalized spacial score (nSPS) is 10.6. The van der Waals surface area contributed by atoms with E-state index in [1.54, 1.807) is 25.1 Å². The van der Waals surface area contributed by atoms with Gasteiger partial charge in [0.1, 0.15) is 0 Å². The van der Waals surface area contributed by atoms with Crippen molar-refractivity contribution in [1.29, 1.82) is 0 Å². The van der Waals surface area contributed by atoms with Crippen molar-refractivity contribution in [3.8, 4) is 22.9 Å². The lowest BCUT2D eigenvalue weighted by molar-refractivity contribution is -0.123. The van der Waals surface area contributed by atoms with E-state index in [1.807, 2.05) is 13.8 Å². The molecule has 0 saturated carbocycles. The monoisotopic (exact) mass is 305 g/mol. The third kappa shape index (κ3) is 3.97. The smallest absolute Gasteiger partial charge is 0.258 e. The van der Waals surface area contributed by atoms with Crippen molar-refractivity contribution >= 4 is 5.91 Å². The summed E-state index contributed by atoms with van der Waals surface area (Å²) >= 11 is 0. The van der Waals surface area contributed by atoms with Gasteiger partial charge < -0.3 is 19.3 Å². The summed E-state index contributed by atoms with van der Waals surface area (Å²) in [6.07, 6.45) is 0. The maximum Gasteiger partial charge on any atom is 0.258 e. The molecule has 0 fully saturated rings. The van der Waals surface area contributed by atoms with E-state index >= 15 is 0 Å². The van der Waals surface area contributed by atoms with Gasteiger partial charge in [0.25, 0.3) is 5.91 Å². The van der Waals surface area contributed by atoms with Crippen LogP contribution in [-0.2, 0) is 4.79 Å². The standard InChI is InChI=1S/C15H19N3O4/c1-9(2)16-14(19)8-21-12-6-5-11(7-13(12)20-4)15-17-10(3)22-18-15/h5-7,9H,8H2,1-4H3,(H,16,19). The number of methoxy groups -OCH3 is 1. The number of aryl methyl sites for hydroxylation is 1. The molecule has 0 unspecified atom stereocenters. The van der Waals surface area contributed by atoms with Crippen molar-refractivity contribution in [2.75, 3.05) is 13.7 Å². The number of carbonyl (C=O) groups excluding carboxylic acids is 1. The highest BCUT2D eigenvalue weighted by molar-refractivity contribution is 5.77. The Morgan fingerprint density at radius 1 is 1.36 bits per heavy atom. The first-order valence-electron chi connectivity index (χ1n) is 6.90. The Labute approximate surface area is 128 Å². The molecule has 1 aromatic heterocycles. The van der Waals surface area contributed by atoms with Crippen LogP contribution in [0.4, 0.5) is 0 Å². The van der Waals surface area contributed by atoms with Gasteiger partial charge in [0.05, 0.1) is 7.11 Å². The fourth-order valence-corrected chi connectivity index (χ4v) is 1.85. The van der Waals surface area contributed by atoms with Crippen LogP contribution in [0.3, 0.4) is 0 Å². The van der Waals surface area contributed by atoms with Crippen molar-refractivity contribution in [1.82, 2.24) is 15.5 Å². The highest BCUT2D eigenvalue weighted by Gasteiger charge is 2.12. The van der Waals surface area contributed by atoms with Crippen LogP contribution in [0.5, 0.6) is 11.5 Å². The Morgan fingerprint density at radius 2 is 2.14 bits per heavy atom. The van der Waals surface area contributed by atoms with Gasteiger partial charge in [0, 0.05) is 18.5 Å². The van der Waals surface area contributed by atoms with Crippen LogP contribution in [0, 0.1) is 6.92 Å². The first-order chi connectivity index (χ1) is 10.5. The van der Waals surface area contributed by atoms with Gasteiger partial charge in [-0.15, -0.1) is 0 Å². The number of aromatic nitrogens is 2. The molecule has 2 rings (SSSR count). The minimum atomic E-state index is -0.185. The summed E-state index contributed by atoms with van der Waals surface area (Å²) in [6.45, 7) is 5.42. The second kappa shape index (κ2) is 6.93. The molecule has 0 aliphatic rings. The Hall–Kier alpha value is -2.57. The van der Waals surface area contributed by atoms with Gasteiger partial charge in [-0.2, -0.15) is 4.98 Å². The number of nitrogens with one attached hydrogen (secondary N) is 1. The molecule has 118 valence electrons. The number of ether oxygens (including phenoxy) is 2. The molecule has 0 radical (unpaired) electrons. The summed E-state index contributed by atoms with van der Waals surface area (Å²) in [4.78, 5) is 15.8. The lowest BCUT2D eigenvalue weighted by Crippen LogP contribution is -2.34. The molecule has 0 aliphatic heterocycles. The molecule has 22 heavy (non-hydrogen) atoms. The number of hydrogen-bond acceptors (Lipinski definition) is 6. The first kappa shape index (κ1) is 15.8. The molecular weight excluding hydrogens is 286 g/mol. The first-order valence-corrected chi connectivity index (χ1v) is 6.90. The van der Waals surface area contributed by atoms with Gasteiger partial charge in [-0.1, -0.05) is 5.16 Å². The SMILES string of the molecule is COc1cc(-c2noc(C)n2)ccc1OCC(=O)NC(C)C. The van der Waals surface area contributed by atoms with Gasteiger partial charge in [-0.25, -0.2) is 0 Å². The van der Waals surface area contributed by atoms with Gasteiger partial charge in [0.15, 0.2) is 18.1 Å². The number of nitrogens with zero attached hydrogens (tertiary/aromatic N) is 2. The summed E-state index contributed by atoms with van der Waals surface area (Å²) in [5.74, 6) is 1.75. The zero-order valence-electron chi connectivity index (χ0n) is 13.0. The second-order valence-corrected chi connectivity index (χ2v) is 5.01. The molecule has 7 nitrogen and oxygen atoms in total. The van der Waals surface area contributed by atoms with Crippen molar-refractivity contribution < 1.29 is 18.8 Å². The number of amides is 1. The Morgan fingerprint density at radius 3 is 2.73 bits per heavy atom. The summed E-state index contributed by atoms with van der Waals surface area (Å²) in [6, 6.07) is 5.30. The van der Waals surface area contributed by atoms with E-state index in [2.05, 4.69) is 15.5 Å². The fraction of sp³-hybridized carbons (Fsp3) is 0.400. The number of carbonyl (C=O) groups is 1. The van der Waals surface area contributed by atoms with E-state index in [0.29, 0.717) is 23.2 Å². The van der Waals surface area contributed by atoms with Crippen LogP contribution in [0.25, 0.3) is 11.4 Å². The zero-order chi connectivity index (χ0) is 16.1. The summed E-state index contributed by atoms with van der Waals surface area (Å²) < 4.78 is 15.7. The third-order valence-corrected chi connectivity index (χ3v) is 2.76. The minimum Gasteiger partial charge on any atom is -0.493 e. The van der Waals surface area contributed by atoms with E-state index in [4.69, 9.17) is 14.0 Å². The molecule has 0 saturated heterocycles. The van der Waals surface area contributed by atoms with Crippen LogP contribution in [-0.4, -0.2) is 35.8 Å². The van der Waals surface area contributed by atoms with Gasteiger partial charge >= 0.3 is 0 Å². The molecule has 0 spiro atoms. The van der Waals surface area contributed by atoms with Crippen LogP contribution >= 0.6 is 0 Å². The van der Waals surface area contributed by atoms with Gasteiger partial charge in [0.2, 0.25) is 11.7 Å². The molecule has 2 aromatic rings. The molecule has 1 amide bonds. The average molecular weight is 305 g/mol. The van der Waals surface area contributed by atoms with Crippen molar-refractivity contribution in [2.45, 2.75) is 26.8 Å². The molecule has 1 N–H and O–H groups in total. The quantitative estimate of drug-likeness (QED) is 0.878. The van der Waals surface area contributed by atoms with Crippen LogP contribution in [0.2, 0.25) is 0 Å². The fourth-order valence-electron chi connectivity index (χ4n) is 1.85. The molecular formula is C15H19N3O4. The molecule has 0 bridgehead atoms. The lowest BCUT2D eigenvalue weighted by Gasteiger charge is -2.12. The zero-order valence-corrected chi connectivity index (χ0v) is 13.0. The summed E-state index contributed by atoms with van der Waals surface area (Å²) in [5.41, 5.74) is 0.743. The summed E-state index contributed by atoms with van der Waals surface area (Å²) in [7, 11) is 1.53. The number of rotatable bonds is 6. The molecule has 1 aromatic carbocycles. The number of benzene rings is 1. The average Bonchev–Trinajstić information content (AvgIpc) is 2.90. The Kier molecular flexibility index (Phi) is 4.98. The van der Waals surface area contributed by atoms with E-state index < -0.39 is 0 Å². The van der Waals surface area contributed by atoms with Crippen LogP contribution in [0.15, 0.2) is 22.7 Å². The third-order valence-electron chi connectivity index (χ3n) is 2.76. The lowest BCUT2D eigenvalue weighted by atomic mass is 10.2. The highest BCUT2D eigenvalue weighted by Crippen LogP contribution is 2.31. The van der Waals surface area contributed by atoms with Crippen LogP contribution < -0.4 is 14.8 Å². The summed E-state index contributed by atoms with van der Waals surface area (Å²) in [5, 5.41) is 6.60. The van der Waals surface area contributed by atoms with E-state index in [9.17, 15) is 4.79 Å². The largest absolute Gasteiger partial charge is 0.493 e. The predicted octanol–water partition coefficient (Wildman–Crippen LogP) is 1.96. The second-order valence-electron chi connectivity index (χ2n) is 5.01. The Bertz CT molecular complexity index is 652. The number of hydrogen-bond donors (Lipinski definition) is 1. The van der Waals surface area contributed by atoms with Crippen molar-refractivity contribution in [2.24, 2.45) is 0 Å². The topological polar surface area (TPSA) is 86.5 Å². The molecule has 0 aliphatic carbocycles. The van der Waals surface area contributed by atoms with Crippen molar-refractivity contribution in [3.05, 3.63) is 24.1 Å². The molecule has 1 heterocycles. The van der Waals surface area contributed by atoms with Gasteiger partial charge in [-0.3, -0.25) is 4.79 Å². The van der Waals surface area contributed by atoms with Gasteiger partial charge in [-0.05, 0) is 32.0 Å². The highest BCUT2D eigenvalue weighted by atomic mass is 16.5.